The number of halogens is 2. The van der Waals surface area contributed by atoms with Crippen molar-refractivity contribution in [2.24, 2.45) is 0 Å². The zero-order valence-electron chi connectivity index (χ0n) is 15.9. The minimum Gasteiger partial charge on any atom is -0.347 e. The highest BCUT2D eigenvalue weighted by Gasteiger charge is 2.17. The molecule has 8 nitrogen and oxygen atoms in total. The Kier molecular flexibility index (Phi) is 8.63. The van der Waals surface area contributed by atoms with Gasteiger partial charge in [0.05, 0.1) is 12.6 Å². The zero-order valence-corrected chi connectivity index (χ0v) is 17.5. The van der Waals surface area contributed by atoms with Crippen LogP contribution in [0.5, 0.6) is 0 Å². The fourth-order valence-electron chi connectivity index (χ4n) is 3.36. The number of nitrogens with one attached hydrogen (secondary N) is 2. The van der Waals surface area contributed by atoms with E-state index in [1.54, 1.807) is 17.1 Å². The van der Waals surface area contributed by atoms with Crippen LogP contribution in [-0.4, -0.2) is 43.5 Å². The third-order valence-corrected chi connectivity index (χ3v) is 4.84. The van der Waals surface area contributed by atoms with Gasteiger partial charge in [0.2, 0.25) is 0 Å². The highest BCUT2D eigenvalue weighted by Crippen LogP contribution is 2.16. The van der Waals surface area contributed by atoms with E-state index in [0.717, 1.165) is 37.1 Å². The van der Waals surface area contributed by atoms with Crippen molar-refractivity contribution in [3.05, 3.63) is 66.0 Å². The Morgan fingerprint density at radius 3 is 2.76 bits per heavy atom. The van der Waals surface area contributed by atoms with E-state index < -0.39 is 0 Å². The summed E-state index contributed by atoms with van der Waals surface area (Å²) < 4.78 is 3.67. The maximum Gasteiger partial charge on any atom is 0.272 e. The molecule has 2 aromatic heterocycles. The number of benzene rings is 1. The minimum absolute atomic E-state index is 0. The van der Waals surface area contributed by atoms with Gasteiger partial charge in [-0.25, -0.2) is 9.67 Å². The molecule has 3 aromatic rings. The monoisotopic (exact) mass is 437 g/mol. The molecule has 1 aliphatic heterocycles. The van der Waals surface area contributed by atoms with E-state index in [1.165, 1.54) is 6.33 Å². The summed E-state index contributed by atoms with van der Waals surface area (Å²) in [5.41, 5.74) is 2.61. The topological polar surface area (TPSA) is 89.7 Å². The van der Waals surface area contributed by atoms with E-state index in [-0.39, 0.29) is 30.7 Å². The van der Waals surface area contributed by atoms with Gasteiger partial charge in [0.15, 0.2) is 0 Å². The summed E-state index contributed by atoms with van der Waals surface area (Å²) in [4.78, 5) is 16.5. The lowest BCUT2D eigenvalue weighted by Crippen LogP contribution is -2.32. The number of amides is 1. The summed E-state index contributed by atoms with van der Waals surface area (Å²) in [6.45, 7) is 3.02. The molecule has 4 rings (SSSR count). The Balaban J connectivity index is 0.00000150. The molecular formula is C19H25Cl2N7O. The number of nitrogens with zero attached hydrogens (tertiary/aromatic N) is 5. The van der Waals surface area contributed by atoms with Gasteiger partial charge in [-0.05, 0) is 36.6 Å². The fourth-order valence-corrected chi connectivity index (χ4v) is 3.36. The van der Waals surface area contributed by atoms with Crippen molar-refractivity contribution in [1.29, 1.82) is 0 Å². The van der Waals surface area contributed by atoms with Crippen molar-refractivity contribution in [3.8, 4) is 0 Å². The van der Waals surface area contributed by atoms with Crippen LogP contribution in [0, 0.1) is 0 Å². The van der Waals surface area contributed by atoms with Gasteiger partial charge >= 0.3 is 0 Å². The zero-order chi connectivity index (χ0) is 18.5. The quantitative estimate of drug-likeness (QED) is 0.616. The van der Waals surface area contributed by atoms with Crippen molar-refractivity contribution in [2.75, 3.05) is 13.1 Å². The third-order valence-electron chi connectivity index (χ3n) is 4.84. The molecule has 1 amide bonds. The van der Waals surface area contributed by atoms with Crippen LogP contribution in [0.3, 0.4) is 0 Å². The van der Waals surface area contributed by atoms with Gasteiger partial charge in [0.25, 0.3) is 5.91 Å². The van der Waals surface area contributed by atoms with E-state index >= 15 is 0 Å². The number of hydrogen-bond acceptors (Lipinski definition) is 5. The SMILES string of the molecule is Cl.Cl.O=C(NCc1ccccc1Cn1cncn1)c1ccn(C2CCCNC2)n1. The first-order valence-electron chi connectivity index (χ1n) is 9.23. The Hall–Kier alpha value is -2.42. The lowest BCUT2D eigenvalue weighted by molar-refractivity contribution is 0.0944. The van der Waals surface area contributed by atoms with Crippen molar-refractivity contribution in [3.63, 3.8) is 0 Å². The second kappa shape index (κ2) is 10.9. The first-order chi connectivity index (χ1) is 13.3. The smallest absolute Gasteiger partial charge is 0.272 e. The molecule has 0 radical (unpaired) electrons. The van der Waals surface area contributed by atoms with Gasteiger partial charge in [-0.3, -0.25) is 9.48 Å². The predicted octanol–water partition coefficient (Wildman–Crippen LogP) is 2.22. The van der Waals surface area contributed by atoms with Gasteiger partial charge in [-0.15, -0.1) is 24.8 Å². The van der Waals surface area contributed by atoms with Crippen LogP contribution < -0.4 is 10.6 Å². The summed E-state index contributed by atoms with van der Waals surface area (Å²) in [6, 6.07) is 10.1. The van der Waals surface area contributed by atoms with Gasteiger partial charge in [0, 0.05) is 19.3 Å². The maximum absolute atomic E-state index is 12.5. The van der Waals surface area contributed by atoms with E-state index in [0.29, 0.717) is 24.8 Å². The number of piperidine rings is 1. The molecule has 2 N–H and O–H groups in total. The summed E-state index contributed by atoms with van der Waals surface area (Å²) in [5, 5.41) is 15.0. The lowest BCUT2D eigenvalue weighted by Gasteiger charge is -2.22. The predicted molar refractivity (Wildman–Crippen MR) is 115 cm³/mol. The maximum atomic E-state index is 12.5. The minimum atomic E-state index is -0.159. The largest absolute Gasteiger partial charge is 0.347 e. The summed E-state index contributed by atoms with van der Waals surface area (Å²) in [7, 11) is 0. The molecule has 1 unspecified atom stereocenters. The van der Waals surface area contributed by atoms with Crippen molar-refractivity contribution >= 4 is 30.7 Å². The van der Waals surface area contributed by atoms with Gasteiger partial charge < -0.3 is 10.6 Å². The Labute approximate surface area is 181 Å². The Morgan fingerprint density at radius 1 is 1.21 bits per heavy atom. The third kappa shape index (κ3) is 5.79. The molecule has 0 saturated carbocycles. The Morgan fingerprint density at radius 2 is 2.03 bits per heavy atom. The molecule has 1 fully saturated rings. The number of aromatic nitrogens is 5. The van der Waals surface area contributed by atoms with E-state index in [2.05, 4.69) is 25.8 Å². The average molecular weight is 438 g/mol. The lowest BCUT2D eigenvalue weighted by atomic mass is 10.1. The number of rotatable bonds is 6. The normalized spacial score (nSPS) is 15.8. The molecule has 29 heavy (non-hydrogen) atoms. The van der Waals surface area contributed by atoms with E-state index in [4.69, 9.17) is 0 Å². The second-order valence-electron chi connectivity index (χ2n) is 6.73. The first kappa shape index (κ1) is 22.9. The van der Waals surface area contributed by atoms with Crippen LogP contribution in [0.2, 0.25) is 0 Å². The van der Waals surface area contributed by atoms with Crippen LogP contribution in [0.1, 0.15) is 40.5 Å². The van der Waals surface area contributed by atoms with Crippen LogP contribution >= 0.6 is 24.8 Å². The molecule has 3 heterocycles. The molecule has 156 valence electrons. The van der Waals surface area contributed by atoms with Crippen molar-refractivity contribution in [2.45, 2.75) is 32.0 Å². The summed E-state index contributed by atoms with van der Waals surface area (Å²) >= 11 is 0. The Bertz CT molecular complexity index is 892. The summed E-state index contributed by atoms with van der Waals surface area (Å²) in [5.74, 6) is -0.159. The second-order valence-corrected chi connectivity index (χ2v) is 6.73. The van der Waals surface area contributed by atoms with Gasteiger partial charge in [-0.1, -0.05) is 24.3 Å². The average Bonchev–Trinajstić information content (AvgIpc) is 3.40. The molecule has 1 atom stereocenters. The highest BCUT2D eigenvalue weighted by molar-refractivity contribution is 5.92. The highest BCUT2D eigenvalue weighted by atomic mass is 35.5. The molecule has 1 aromatic carbocycles. The van der Waals surface area contributed by atoms with Crippen LogP contribution in [0.4, 0.5) is 0 Å². The number of carbonyl (C=O) groups is 1. The molecular weight excluding hydrogens is 413 g/mol. The fraction of sp³-hybridized carbons (Fsp3) is 0.368. The van der Waals surface area contributed by atoms with Gasteiger partial charge in [-0.2, -0.15) is 10.2 Å². The van der Waals surface area contributed by atoms with E-state index in [1.807, 2.05) is 35.1 Å². The van der Waals surface area contributed by atoms with E-state index in [9.17, 15) is 4.79 Å². The van der Waals surface area contributed by atoms with Crippen LogP contribution in [-0.2, 0) is 13.1 Å². The van der Waals surface area contributed by atoms with Crippen LogP contribution in [0.15, 0.2) is 49.2 Å². The van der Waals surface area contributed by atoms with Crippen LogP contribution in [0.25, 0.3) is 0 Å². The van der Waals surface area contributed by atoms with Crippen molar-refractivity contribution in [1.82, 2.24) is 35.2 Å². The molecule has 10 heteroatoms. The molecule has 0 aliphatic carbocycles. The van der Waals surface area contributed by atoms with Gasteiger partial charge in [0.1, 0.15) is 18.3 Å². The van der Waals surface area contributed by atoms with Crippen molar-refractivity contribution < 1.29 is 4.79 Å². The number of hydrogen-bond donors (Lipinski definition) is 2. The molecule has 0 bridgehead atoms. The summed E-state index contributed by atoms with van der Waals surface area (Å²) in [6.07, 6.45) is 7.32. The standard InChI is InChI=1S/C19H23N7O.2ClH/c27-19(18-7-9-26(24-18)17-6-3-8-20-11-17)22-10-15-4-1-2-5-16(15)12-25-14-21-13-23-25;;/h1-2,4-5,7,9,13-14,17,20H,3,6,8,10-12H2,(H,22,27);2*1H. The number of carbonyl (C=O) groups excluding carboxylic acids is 1. The molecule has 1 aliphatic rings. The molecule has 0 spiro atoms. The first-order valence-corrected chi connectivity index (χ1v) is 9.23. The molecule has 1 saturated heterocycles.